The maximum atomic E-state index is 12.2. The maximum absolute atomic E-state index is 12.2. The highest BCUT2D eigenvalue weighted by Crippen LogP contribution is 2.33. The van der Waals surface area contributed by atoms with Gasteiger partial charge >= 0.3 is 6.36 Å². The van der Waals surface area contributed by atoms with E-state index in [9.17, 15) is 13.2 Å². The Labute approximate surface area is 130 Å². The van der Waals surface area contributed by atoms with E-state index in [1.165, 1.54) is 18.2 Å². The largest absolute Gasteiger partial charge is 0.573 e. The first-order chi connectivity index (χ1) is 9.63. The van der Waals surface area contributed by atoms with E-state index in [0.29, 0.717) is 12.4 Å². The predicted molar refractivity (Wildman–Crippen MR) is 78.6 cm³/mol. The van der Waals surface area contributed by atoms with Crippen molar-refractivity contribution in [2.24, 2.45) is 5.41 Å². The summed E-state index contributed by atoms with van der Waals surface area (Å²) in [6.45, 7) is 8.23. The summed E-state index contributed by atoms with van der Waals surface area (Å²) in [6, 6.07) is 4.14. The van der Waals surface area contributed by atoms with Crippen LogP contribution in [0.2, 0.25) is 0 Å². The molecule has 1 aromatic carbocycles. The summed E-state index contributed by atoms with van der Waals surface area (Å²) in [4.78, 5) is 0. The summed E-state index contributed by atoms with van der Waals surface area (Å²) in [5, 5.41) is 3.24. The molecule has 1 N–H and O–H groups in total. The van der Waals surface area contributed by atoms with E-state index in [4.69, 9.17) is 4.74 Å². The van der Waals surface area contributed by atoms with Gasteiger partial charge in [-0.2, -0.15) is 0 Å². The van der Waals surface area contributed by atoms with Crippen LogP contribution in [0.1, 0.15) is 20.8 Å². The van der Waals surface area contributed by atoms with E-state index in [0.717, 1.165) is 13.1 Å². The van der Waals surface area contributed by atoms with E-state index >= 15 is 0 Å². The van der Waals surface area contributed by atoms with Crippen LogP contribution in [0, 0.1) is 5.41 Å². The molecule has 1 rings (SSSR count). The number of benzene rings is 1. The lowest BCUT2D eigenvalue weighted by Gasteiger charge is -2.25. The number of rotatable bonds is 7. The minimum atomic E-state index is -4.71. The molecule has 0 spiro atoms. The summed E-state index contributed by atoms with van der Waals surface area (Å²) in [5.74, 6) is 0.197. The first-order valence-corrected chi connectivity index (χ1v) is 7.31. The second-order valence-corrected chi connectivity index (χ2v) is 6.23. The number of hydrogen-bond acceptors (Lipinski definition) is 3. The van der Waals surface area contributed by atoms with Crippen molar-refractivity contribution in [3.8, 4) is 11.5 Å². The van der Waals surface area contributed by atoms with Crippen LogP contribution < -0.4 is 14.8 Å². The predicted octanol–water partition coefficient (Wildman–Crippen LogP) is 4.36. The minimum absolute atomic E-state index is 0.0797. The van der Waals surface area contributed by atoms with Crippen LogP contribution in [-0.4, -0.2) is 26.1 Å². The van der Waals surface area contributed by atoms with Crippen LogP contribution in [0.5, 0.6) is 11.5 Å². The van der Waals surface area contributed by atoms with Gasteiger partial charge in [0.15, 0.2) is 0 Å². The number of alkyl halides is 3. The van der Waals surface area contributed by atoms with E-state index in [1.54, 1.807) is 0 Å². The third-order valence-corrected chi connectivity index (χ3v) is 3.23. The highest BCUT2D eigenvalue weighted by Gasteiger charge is 2.32. The maximum Gasteiger partial charge on any atom is 0.573 e. The molecule has 0 aliphatic carbocycles. The molecule has 120 valence electrons. The smallest absolute Gasteiger partial charge is 0.493 e. The topological polar surface area (TPSA) is 30.5 Å². The molecule has 0 aromatic heterocycles. The van der Waals surface area contributed by atoms with Crippen molar-refractivity contribution < 1.29 is 22.6 Å². The molecule has 0 aliphatic heterocycles. The first kappa shape index (κ1) is 18.1. The Bertz CT molecular complexity index is 464. The van der Waals surface area contributed by atoms with Crippen molar-refractivity contribution in [2.45, 2.75) is 27.1 Å². The van der Waals surface area contributed by atoms with Crippen LogP contribution >= 0.6 is 15.9 Å². The van der Waals surface area contributed by atoms with Gasteiger partial charge in [-0.05, 0) is 40.7 Å². The molecule has 0 heterocycles. The van der Waals surface area contributed by atoms with Crippen molar-refractivity contribution in [3.63, 3.8) is 0 Å². The van der Waals surface area contributed by atoms with Crippen molar-refractivity contribution in [3.05, 3.63) is 22.7 Å². The zero-order valence-corrected chi connectivity index (χ0v) is 13.8. The fourth-order valence-corrected chi connectivity index (χ4v) is 2.01. The van der Waals surface area contributed by atoms with Gasteiger partial charge in [-0.15, -0.1) is 13.2 Å². The fraction of sp³-hybridized carbons (Fsp3) is 0.571. The van der Waals surface area contributed by atoms with Gasteiger partial charge in [0.05, 0.1) is 11.1 Å². The fourth-order valence-electron chi connectivity index (χ4n) is 1.57. The normalized spacial score (nSPS) is 12.3. The Balaban J connectivity index is 2.64. The zero-order valence-electron chi connectivity index (χ0n) is 12.2. The standard InChI is InChI=1S/C14H19BrF3NO2/c1-4-19-8-13(2,3)9-20-10-5-6-12(11(15)7-10)21-14(16,17)18/h5-7,19H,4,8-9H2,1-3H3. The van der Waals surface area contributed by atoms with Crippen LogP contribution in [0.3, 0.4) is 0 Å². The first-order valence-electron chi connectivity index (χ1n) is 6.52. The lowest BCUT2D eigenvalue weighted by atomic mass is 9.95. The molecule has 3 nitrogen and oxygen atoms in total. The van der Waals surface area contributed by atoms with Crippen LogP contribution in [0.4, 0.5) is 13.2 Å². The molecule has 0 aliphatic rings. The Morgan fingerprint density at radius 2 is 1.90 bits per heavy atom. The van der Waals surface area contributed by atoms with Crippen molar-refractivity contribution in [1.82, 2.24) is 5.32 Å². The Kier molecular flexibility index (Phi) is 6.34. The molecule has 7 heteroatoms. The molecule has 0 saturated heterocycles. The SMILES string of the molecule is CCNCC(C)(C)COc1ccc(OC(F)(F)F)c(Br)c1. The summed E-state index contributed by atoms with van der Waals surface area (Å²) in [6.07, 6.45) is -4.71. The molecular weight excluding hydrogens is 351 g/mol. The van der Waals surface area contributed by atoms with Crippen molar-refractivity contribution in [1.29, 1.82) is 0 Å². The monoisotopic (exact) mass is 369 g/mol. The number of nitrogens with one attached hydrogen (secondary N) is 1. The van der Waals surface area contributed by atoms with Gasteiger partial charge in [-0.3, -0.25) is 0 Å². The van der Waals surface area contributed by atoms with Crippen LogP contribution in [0.25, 0.3) is 0 Å². The second kappa shape index (κ2) is 7.35. The lowest BCUT2D eigenvalue weighted by Crippen LogP contribution is -2.34. The van der Waals surface area contributed by atoms with Gasteiger partial charge in [0.25, 0.3) is 0 Å². The summed E-state index contributed by atoms with van der Waals surface area (Å²) < 4.78 is 46.2. The van der Waals surface area contributed by atoms with E-state index in [2.05, 4.69) is 26.0 Å². The number of halogens is 4. The third kappa shape index (κ3) is 7.04. The van der Waals surface area contributed by atoms with E-state index < -0.39 is 6.36 Å². The molecule has 1 aromatic rings. The molecule has 0 atom stereocenters. The number of hydrogen-bond donors (Lipinski definition) is 1. The summed E-state index contributed by atoms with van der Waals surface area (Å²) in [7, 11) is 0. The molecule has 0 amide bonds. The molecule has 0 fully saturated rings. The zero-order chi connectivity index (χ0) is 16.1. The van der Waals surface area contributed by atoms with Crippen molar-refractivity contribution >= 4 is 15.9 Å². The van der Waals surface area contributed by atoms with Gasteiger partial charge in [0.1, 0.15) is 11.5 Å². The molecule has 21 heavy (non-hydrogen) atoms. The average Bonchev–Trinajstić information content (AvgIpc) is 2.36. The Hall–Kier alpha value is -0.950. The van der Waals surface area contributed by atoms with Gasteiger partial charge in [-0.1, -0.05) is 20.8 Å². The van der Waals surface area contributed by atoms with Gasteiger partial charge in [0.2, 0.25) is 0 Å². The Morgan fingerprint density at radius 3 is 2.43 bits per heavy atom. The van der Waals surface area contributed by atoms with Gasteiger partial charge in [-0.25, -0.2) is 0 Å². The van der Waals surface area contributed by atoms with Crippen molar-refractivity contribution in [2.75, 3.05) is 19.7 Å². The summed E-state index contributed by atoms with van der Waals surface area (Å²) in [5.41, 5.74) is -0.0797. The highest BCUT2D eigenvalue weighted by molar-refractivity contribution is 9.10. The second-order valence-electron chi connectivity index (χ2n) is 5.37. The Morgan fingerprint density at radius 1 is 1.24 bits per heavy atom. The molecular formula is C14H19BrF3NO2. The van der Waals surface area contributed by atoms with Crippen LogP contribution in [-0.2, 0) is 0 Å². The molecule has 0 radical (unpaired) electrons. The molecule has 0 unspecified atom stereocenters. The third-order valence-electron chi connectivity index (χ3n) is 2.61. The van der Waals surface area contributed by atoms with E-state index in [-0.39, 0.29) is 15.6 Å². The average molecular weight is 370 g/mol. The van der Waals surface area contributed by atoms with Gasteiger partial charge < -0.3 is 14.8 Å². The molecule has 0 saturated carbocycles. The quantitative estimate of drug-likeness (QED) is 0.774. The molecule has 0 bridgehead atoms. The summed E-state index contributed by atoms with van der Waals surface area (Å²) >= 11 is 3.04. The highest BCUT2D eigenvalue weighted by atomic mass is 79.9. The van der Waals surface area contributed by atoms with E-state index in [1.807, 2.05) is 20.8 Å². The van der Waals surface area contributed by atoms with Crippen LogP contribution in [0.15, 0.2) is 22.7 Å². The van der Waals surface area contributed by atoms with Gasteiger partial charge in [0, 0.05) is 12.0 Å². The minimum Gasteiger partial charge on any atom is -0.493 e. The number of ether oxygens (including phenoxy) is 2. The lowest BCUT2D eigenvalue weighted by molar-refractivity contribution is -0.274.